The quantitative estimate of drug-likeness (QED) is 0.681. The van der Waals surface area contributed by atoms with Crippen LogP contribution in [0.2, 0.25) is 0 Å². The maximum absolute atomic E-state index is 13.1. The summed E-state index contributed by atoms with van der Waals surface area (Å²) in [5.74, 6) is -1.82. The molecule has 0 unspecified atom stereocenters. The molecule has 1 fully saturated rings. The zero-order chi connectivity index (χ0) is 22.4. The lowest BCUT2D eigenvalue weighted by atomic mass is 10.1. The highest BCUT2D eigenvalue weighted by Gasteiger charge is 2.43. The van der Waals surface area contributed by atoms with Crippen LogP contribution in [0.5, 0.6) is 11.5 Å². The lowest BCUT2D eigenvalue weighted by Gasteiger charge is -2.22. The molecule has 164 valence electrons. The van der Waals surface area contributed by atoms with Crippen molar-refractivity contribution in [3.8, 4) is 11.5 Å². The molecule has 2 aromatic carbocycles. The molecule has 0 aromatic heterocycles. The van der Waals surface area contributed by atoms with Crippen molar-refractivity contribution >= 4 is 17.8 Å². The summed E-state index contributed by atoms with van der Waals surface area (Å²) in [6.07, 6.45) is -2.83. The number of para-hydroxylation sites is 1. The van der Waals surface area contributed by atoms with E-state index in [9.17, 15) is 23.2 Å². The number of hydrogen-bond donors (Lipinski definition) is 1. The maximum atomic E-state index is 13.1. The van der Waals surface area contributed by atoms with Crippen LogP contribution in [0, 0.1) is 5.92 Å². The molecule has 0 spiro atoms. The van der Waals surface area contributed by atoms with Crippen LogP contribution in [0.1, 0.15) is 16.8 Å². The van der Waals surface area contributed by atoms with Gasteiger partial charge in [-0.1, -0.05) is 18.2 Å². The van der Waals surface area contributed by atoms with Gasteiger partial charge in [0, 0.05) is 18.0 Å². The predicted molar refractivity (Wildman–Crippen MR) is 107 cm³/mol. The van der Waals surface area contributed by atoms with Gasteiger partial charge in [0.05, 0.1) is 13.7 Å². The molecule has 1 aliphatic heterocycles. The number of ether oxygens (including phenoxy) is 2. The van der Waals surface area contributed by atoms with Crippen LogP contribution in [0.25, 0.3) is 0 Å². The Morgan fingerprint density at radius 1 is 1.06 bits per heavy atom. The summed E-state index contributed by atoms with van der Waals surface area (Å²) < 4.78 is 36.4. The summed E-state index contributed by atoms with van der Waals surface area (Å²) in [5, 5.41) is 2.46. The molecule has 0 saturated carbocycles. The highest BCUT2D eigenvalue weighted by molar-refractivity contribution is 5.97. The highest BCUT2D eigenvalue weighted by atomic mass is 19.3. The van der Waals surface area contributed by atoms with Gasteiger partial charge in [-0.25, -0.2) is 13.6 Å². The third-order valence-corrected chi connectivity index (χ3v) is 4.98. The molecule has 2 amide bonds. The molecular weight excluding hydrogens is 410 g/mol. The van der Waals surface area contributed by atoms with Crippen LogP contribution in [0.4, 0.5) is 8.78 Å². The van der Waals surface area contributed by atoms with Crippen molar-refractivity contribution in [1.29, 1.82) is 0 Å². The number of rotatable bonds is 7. The molecule has 7 nitrogen and oxygen atoms in total. The minimum Gasteiger partial charge on any atom is -0.467 e. The lowest BCUT2D eigenvalue weighted by Crippen LogP contribution is -2.46. The molecule has 2 aromatic rings. The van der Waals surface area contributed by atoms with E-state index in [1.807, 2.05) is 18.2 Å². The van der Waals surface area contributed by atoms with Crippen molar-refractivity contribution in [3.63, 3.8) is 0 Å². The Balaban J connectivity index is 1.56. The van der Waals surface area contributed by atoms with Gasteiger partial charge in [0.1, 0.15) is 17.5 Å². The van der Waals surface area contributed by atoms with Crippen molar-refractivity contribution < 1.29 is 32.6 Å². The highest BCUT2D eigenvalue weighted by Crippen LogP contribution is 2.29. The van der Waals surface area contributed by atoms with E-state index in [0.29, 0.717) is 17.1 Å². The second-order valence-corrected chi connectivity index (χ2v) is 7.04. The summed E-state index contributed by atoms with van der Waals surface area (Å²) in [4.78, 5) is 37.7. The average Bonchev–Trinajstić information content (AvgIpc) is 3.24. The fourth-order valence-corrected chi connectivity index (χ4v) is 3.34. The van der Waals surface area contributed by atoms with Crippen LogP contribution in [-0.4, -0.2) is 55.4 Å². The summed E-state index contributed by atoms with van der Waals surface area (Å²) in [5.41, 5.74) is 0.296. The van der Waals surface area contributed by atoms with Crippen LogP contribution in [-0.2, 0) is 14.3 Å². The first kappa shape index (κ1) is 22.2. The number of amides is 2. The smallest absolute Gasteiger partial charge is 0.328 e. The minimum absolute atomic E-state index is 0.174. The molecule has 3 rings (SSSR count). The van der Waals surface area contributed by atoms with E-state index in [-0.39, 0.29) is 13.0 Å². The van der Waals surface area contributed by atoms with Crippen molar-refractivity contribution in [2.75, 3.05) is 20.2 Å². The molecule has 0 radical (unpaired) electrons. The Hall–Kier alpha value is -3.49. The van der Waals surface area contributed by atoms with Crippen molar-refractivity contribution in [3.05, 3.63) is 60.2 Å². The average molecular weight is 432 g/mol. The van der Waals surface area contributed by atoms with Gasteiger partial charge in [-0.15, -0.1) is 0 Å². The fraction of sp³-hybridized carbons (Fsp3) is 0.318. The number of esters is 1. The van der Waals surface area contributed by atoms with Gasteiger partial charge < -0.3 is 19.7 Å². The Morgan fingerprint density at radius 3 is 2.32 bits per heavy atom. The van der Waals surface area contributed by atoms with Gasteiger partial charge in [0.15, 0.2) is 0 Å². The van der Waals surface area contributed by atoms with Gasteiger partial charge in [-0.2, -0.15) is 0 Å². The Labute approximate surface area is 177 Å². The maximum Gasteiger partial charge on any atom is 0.328 e. The van der Waals surface area contributed by atoms with Gasteiger partial charge in [-0.05, 0) is 42.8 Å². The molecule has 0 aliphatic carbocycles. The zero-order valence-electron chi connectivity index (χ0n) is 16.8. The lowest BCUT2D eigenvalue weighted by molar-refractivity contribution is -0.150. The van der Waals surface area contributed by atoms with E-state index in [1.165, 1.54) is 12.1 Å². The Bertz CT molecular complexity index is 921. The first-order valence-electron chi connectivity index (χ1n) is 9.65. The molecule has 9 heteroatoms. The van der Waals surface area contributed by atoms with E-state index >= 15 is 0 Å². The number of hydrogen-bond acceptors (Lipinski definition) is 5. The third-order valence-electron chi connectivity index (χ3n) is 4.98. The van der Waals surface area contributed by atoms with E-state index in [0.717, 1.165) is 12.0 Å². The number of nitrogens with one attached hydrogen (secondary N) is 1. The number of carbonyl (C=O) groups excluding carboxylic acids is 3. The molecule has 2 atom stereocenters. The second kappa shape index (κ2) is 10.0. The molecule has 1 saturated heterocycles. The van der Waals surface area contributed by atoms with E-state index < -0.39 is 42.7 Å². The molecular formula is C22H22F2N2O5. The first-order valence-corrected chi connectivity index (χ1v) is 9.65. The number of carbonyl (C=O) groups is 3. The number of halogens is 2. The largest absolute Gasteiger partial charge is 0.467 e. The fourth-order valence-electron chi connectivity index (χ4n) is 3.34. The van der Waals surface area contributed by atoms with E-state index in [1.54, 1.807) is 24.3 Å². The van der Waals surface area contributed by atoms with Crippen LogP contribution in [0.3, 0.4) is 0 Å². The summed E-state index contributed by atoms with van der Waals surface area (Å²) in [6.45, 7) is -0.692. The standard InChI is InChI=1S/C22H22F2N2O5/c1-30-22(29)18-11-15(20(23)24)13-26(18)19(27)12-25-21(28)14-7-9-17(10-8-14)31-16-5-3-2-4-6-16/h2-10,15,18,20H,11-13H2,1H3,(H,25,28)/t15-,18-/m0/s1. The van der Waals surface area contributed by atoms with Gasteiger partial charge in [0.2, 0.25) is 12.3 Å². The molecule has 31 heavy (non-hydrogen) atoms. The molecule has 1 heterocycles. The molecule has 0 bridgehead atoms. The number of alkyl halides is 2. The number of benzene rings is 2. The topological polar surface area (TPSA) is 84.9 Å². The number of likely N-dealkylation sites (tertiary alicyclic amines) is 1. The SMILES string of the molecule is COC(=O)[C@@H]1C[C@H](C(F)F)CN1C(=O)CNC(=O)c1ccc(Oc2ccccc2)cc1. The van der Waals surface area contributed by atoms with Crippen molar-refractivity contribution in [2.24, 2.45) is 5.92 Å². The van der Waals surface area contributed by atoms with Gasteiger partial charge in [0.25, 0.3) is 5.91 Å². The third kappa shape index (κ3) is 5.56. The van der Waals surface area contributed by atoms with Crippen molar-refractivity contribution in [2.45, 2.75) is 18.9 Å². The van der Waals surface area contributed by atoms with Crippen LogP contribution < -0.4 is 10.1 Å². The predicted octanol–water partition coefficient (Wildman–Crippen LogP) is 2.86. The van der Waals surface area contributed by atoms with Crippen molar-refractivity contribution in [1.82, 2.24) is 10.2 Å². The number of nitrogens with zero attached hydrogens (tertiary/aromatic N) is 1. The summed E-state index contributed by atoms with van der Waals surface area (Å²) in [7, 11) is 1.13. The van der Waals surface area contributed by atoms with E-state index in [2.05, 4.69) is 10.1 Å². The second-order valence-electron chi connectivity index (χ2n) is 7.04. The summed E-state index contributed by atoms with van der Waals surface area (Å²) in [6, 6.07) is 14.4. The van der Waals surface area contributed by atoms with Gasteiger partial charge >= 0.3 is 5.97 Å². The minimum atomic E-state index is -2.66. The van der Waals surface area contributed by atoms with Crippen LogP contribution in [0.15, 0.2) is 54.6 Å². The number of methoxy groups -OCH3 is 1. The van der Waals surface area contributed by atoms with Gasteiger partial charge in [-0.3, -0.25) is 9.59 Å². The Morgan fingerprint density at radius 2 is 1.71 bits per heavy atom. The summed E-state index contributed by atoms with van der Waals surface area (Å²) >= 11 is 0. The van der Waals surface area contributed by atoms with Crippen LogP contribution >= 0.6 is 0 Å². The zero-order valence-corrected chi connectivity index (χ0v) is 16.8. The normalized spacial score (nSPS) is 18.0. The molecule has 1 N–H and O–H groups in total. The van der Waals surface area contributed by atoms with E-state index in [4.69, 9.17) is 4.74 Å². The monoisotopic (exact) mass is 432 g/mol. The Kier molecular flexibility index (Phi) is 7.17. The molecule has 1 aliphatic rings. The first-order chi connectivity index (χ1) is 14.9.